The van der Waals surface area contributed by atoms with Crippen molar-refractivity contribution >= 4 is 11.8 Å². The lowest BCUT2D eigenvalue weighted by molar-refractivity contribution is -0.143. The lowest BCUT2D eigenvalue weighted by Gasteiger charge is -2.37. The summed E-state index contributed by atoms with van der Waals surface area (Å²) in [5.74, 6) is 0.273. The van der Waals surface area contributed by atoms with Crippen LogP contribution in [0.3, 0.4) is 0 Å². The summed E-state index contributed by atoms with van der Waals surface area (Å²) in [5, 5.41) is 13.7. The number of aliphatic carboxylic acids is 1. The number of benzene rings is 1. The summed E-state index contributed by atoms with van der Waals surface area (Å²) in [5.41, 5.74) is 5.65. The maximum Gasteiger partial charge on any atom is 0.325 e. The fourth-order valence-electron chi connectivity index (χ4n) is 6.06. The summed E-state index contributed by atoms with van der Waals surface area (Å²) >= 11 is 0. The number of carbonyl (C=O) groups is 1. The first kappa shape index (κ1) is 27.1. The molecule has 0 amide bonds. The molecule has 7 heteroatoms. The number of anilines is 1. The molecule has 0 aliphatic carbocycles. The van der Waals surface area contributed by atoms with Crippen LogP contribution in [0.15, 0.2) is 30.3 Å². The number of aryl methyl sites for hydroxylation is 2. The normalized spacial score (nSPS) is 22.4. The number of aromatic nitrogens is 1. The smallest absolute Gasteiger partial charge is 0.325 e. The van der Waals surface area contributed by atoms with E-state index in [0.717, 1.165) is 79.8 Å². The highest BCUT2D eigenvalue weighted by Crippen LogP contribution is 2.37. The molecule has 7 nitrogen and oxygen atoms in total. The second kappa shape index (κ2) is 11.7. The molecule has 3 aliphatic rings. The van der Waals surface area contributed by atoms with Crippen LogP contribution in [0.1, 0.15) is 80.4 Å². The van der Waals surface area contributed by atoms with Gasteiger partial charge in [-0.25, -0.2) is 4.98 Å². The highest BCUT2D eigenvalue weighted by Gasteiger charge is 2.38. The molecule has 0 bridgehead atoms. The quantitative estimate of drug-likeness (QED) is 0.441. The first-order valence-corrected chi connectivity index (χ1v) is 14.3. The van der Waals surface area contributed by atoms with Crippen LogP contribution in [-0.2, 0) is 40.1 Å². The minimum Gasteiger partial charge on any atom is -0.480 e. The summed E-state index contributed by atoms with van der Waals surface area (Å²) in [6, 6.07) is 9.77. The van der Waals surface area contributed by atoms with Crippen molar-refractivity contribution in [1.29, 1.82) is 0 Å². The predicted molar refractivity (Wildman–Crippen MR) is 148 cm³/mol. The third kappa shape index (κ3) is 6.22. The molecule has 1 saturated heterocycles. The van der Waals surface area contributed by atoms with Gasteiger partial charge in [0.15, 0.2) is 0 Å². The number of carboxylic acids is 1. The molecule has 206 valence electrons. The van der Waals surface area contributed by atoms with Crippen molar-refractivity contribution in [3.63, 3.8) is 0 Å². The molecular formula is C31H43N3O4. The van der Waals surface area contributed by atoms with Crippen molar-refractivity contribution in [3.05, 3.63) is 58.3 Å². The van der Waals surface area contributed by atoms with E-state index in [2.05, 4.69) is 49.2 Å². The van der Waals surface area contributed by atoms with Crippen LogP contribution in [0, 0.1) is 5.41 Å². The first-order chi connectivity index (χ1) is 18.3. The summed E-state index contributed by atoms with van der Waals surface area (Å²) in [6.07, 6.45) is 7.03. The number of nitrogens with one attached hydrogen (secondary N) is 1. The van der Waals surface area contributed by atoms with Gasteiger partial charge in [-0.2, -0.15) is 0 Å². The van der Waals surface area contributed by atoms with E-state index in [4.69, 9.17) is 14.5 Å². The summed E-state index contributed by atoms with van der Waals surface area (Å²) in [4.78, 5) is 19.4. The van der Waals surface area contributed by atoms with Crippen LogP contribution < -0.4 is 5.32 Å². The number of rotatable bonds is 9. The van der Waals surface area contributed by atoms with Gasteiger partial charge in [-0.1, -0.05) is 45.0 Å². The van der Waals surface area contributed by atoms with Gasteiger partial charge in [0.2, 0.25) is 0 Å². The van der Waals surface area contributed by atoms with Crippen molar-refractivity contribution in [2.45, 2.75) is 90.6 Å². The van der Waals surface area contributed by atoms with Crippen LogP contribution >= 0.6 is 0 Å². The van der Waals surface area contributed by atoms with E-state index < -0.39 is 12.0 Å². The van der Waals surface area contributed by atoms with E-state index in [1.54, 1.807) is 0 Å². The standard InChI is InChI=1S/C31H43N3O4/c1-31(2,3)27-18-26-22(20-38-27)8-6-11-25(26)28(30(35)36)34-16-14-24(19-34)37-17-5-4-10-23-13-12-21-9-7-15-32-29(21)33-23/h6,8,11-13,24,27-28H,4-5,7,9-10,14-20H2,1-3H3,(H,32,33)(H,35,36)/t24-,27?,28-/m1/s1. The molecule has 4 heterocycles. The Labute approximate surface area is 226 Å². The first-order valence-electron chi connectivity index (χ1n) is 14.3. The molecule has 0 spiro atoms. The minimum atomic E-state index is -0.787. The third-order valence-corrected chi connectivity index (χ3v) is 8.31. The second-order valence-corrected chi connectivity index (χ2v) is 12.2. The SMILES string of the molecule is CC(C)(C)C1Cc2c(cccc2[C@H](C(=O)O)N2CC[C@@H](OCCCCc3ccc4c(n3)NCCC4)C2)CO1. The number of pyridine rings is 1. The lowest BCUT2D eigenvalue weighted by Crippen LogP contribution is -2.38. The van der Waals surface area contributed by atoms with E-state index in [9.17, 15) is 9.90 Å². The molecule has 5 rings (SSSR count). The molecule has 3 atom stereocenters. The highest BCUT2D eigenvalue weighted by atomic mass is 16.5. The van der Waals surface area contributed by atoms with Gasteiger partial charge in [0.25, 0.3) is 0 Å². The van der Waals surface area contributed by atoms with Crippen LogP contribution in [0.5, 0.6) is 0 Å². The molecule has 0 radical (unpaired) electrons. The summed E-state index contributed by atoms with van der Waals surface area (Å²) in [7, 11) is 0. The number of carboxylic acid groups (broad SMARTS) is 1. The highest BCUT2D eigenvalue weighted by molar-refractivity contribution is 5.76. The van der Waals surface area contributed by atoms with E-state index in [1.807, 2.05) is 12.1 Å². The maximum absolute atomic E-state index is 12.6. The zero-order chi connectivity index (χ0) is 26.7. The molecule has 38 heavy (non-hydrogen) atoms. The zero-order valence-corrected chi connectivity index (χ0v) is 23.2. The Morgan fingerprint density at radius 2 is 2.11 bits per heavy atom. The molecule has 1 fully saturated rings. The van der Waals surface area contributed by atoms with Gasteiger partial charge in [-0.3, -0.25) is 9.69 Å². The van der Waals surface area contributed by atoms with Gasteiger partial charge >= 0.3 is 5.97 Å². The molecule has 1 aromatic heterocycles. The fraction of sp³-hybridized carbons (Fsp3) is 0.613. The summed E-state index contributed by atoms with van der Waals surface area (Å²) in [6.45, 7) is 10.2. The van der Waals surface area contributed by atoms with E-state index in [0.29, 0.717) is 19.8 Å². The lowest BCUT2D eigenvalue weighted by atomic mass is 9.80. The van der Waals surface area contributed by atoms with Crippen LogP contribution in [-0.4, -0.2) is 59.4 Å². The largest absolute Gasteiger partial charge is 0.480 e. The summed E-state index contributed by atoms with van der Waals surface area (Å²) < 4.78 is 12.3. The van der Waals surface area contributed by atoms with Gasteiger partial charge in [0.05, 0.1) is 18.8 Å². The molecule has 2 aromatic rings. The number of fused-ring (bicyclic) bond motifs is 2. The van der Waals surface area contributed by atoms with Gasteiger partial charge in [0, 0.05) is 31.9 Å². The van der Waals surface area contributed by atoms with Gasteiger partial charge in [-0.05, 0) is 78.7 Å². The Morgan fingerprint density at radius 3 is 2.92 bits per heavy atom. The molecule has 1 aromatic carbocycles. The van der Waals surface area contributed by atoms with Gasteiger partial charge in [0.1, 0.15) is 11.9 Å². The van der Waals surface area contributed by atoms with E-state index in [-0.39, 0.29) is 17.6 Å². The molecule has 1 unspecified atom stereocenters. The van der Waals surface area contributed by atoms with Crippen molar-refractivity contribution in [2.75, 3.05) is 31.6 Å². The number of likely N-dealkylation sites (tertiary alicyclic amines) is 1. The third-order valence-electron chi connectivity index (χ3n) is 8.31. The molecule has 0 saturated carbocycles. The predicted octanol–water partition coefficient (Wildman–Crippen LogP) is 5.17. The topological polar surface area (TPSA) is 83.9 Å². The molecular weight excluding hydrogens is 478 g/mol. The average molecular weight is 522 g/mol. The Bertz CT molecular complexity index is 1130. The fourth-order valence-corrected chi connectivity index (χ4v) is 6.06. The Kier molecular flexibility index (Phi) is 8.36. The monoisotopic (exact) mass is 521 g/mol. The number of ether oxygens (including phenoxy) is 2. The van der Waals surface area contributed by atoms with Crippen LogP contribution in [0.2, 0.25) is 0 Å². The zero-order valence-electron chi connectivity index (χ0n) is 23.2. The second-order valence-electron chi connectivity index (χ2n) is 12.2. The van der Waals surface area contributed by atoms with Crippen molar-refractivity contribution < 1.29 is 19.4 Å². The van der Waals surface area contributed by atoms with Crippen molar-refractivity contribution in [2.24, 2.45) is 5.41 Å². The number of hydrogen-bond acceptors (Lipinski definition) is 6. The van der Waals surface area contributed by atoms with Crippen LogP contribution in [0.4, 0.5) is 5.82 Å². The number of hydrogen-bond donors (Lipinski definition) is 2. The Balaban J connectivity index is 1.14. The van der Waals surface area contributed by atoms with Crippen molar-refractivity contribution in [1.82, 2.24) is 9.88 Å². The average Bonchev–Trinajstić information content (AvgIpc) is 3.36. The molecule has 2 N–H and O–H groups in total. The number of unbranched alkanes of at least 4 members (excludes halogenated alkanes) is 1. The van der Waals surface area contributed by atoms with Gasteiger partial charge < -0.3 is 19.9 Å². The minimum absolute atomic E-state index is 0.00294. The van der Waals surface area contributed by atoms with E-state index >= 15 is 0 Å². The Hall–Kier alpha value is -2.48. The maximum atomic E-state index is 12.6. The van der Waals surface area contributed by atoms with Gasteiger partial charge in [-0.15, -0.1) is 0 Å². The van der Waals surface area contributed by atoms with E-state index in [1.165, 1.54) is 12.0 Å². The Morgan fingerprint density at radius 1 is 1.24 bits per heavy atom. The molecule has 3 aliphatic heterocycles. The van der Waals surface area contributed by atoms with Crippen molar-refractivity contribution in [3.8, 4) is 0 Å². The van der Waals surface area contributed by atoms with Crippen LogP contribution in [0.25, 0.3) is 0 Å². The number of nitrogens with zero attached hydrogens (tertiary/aromatic N) is 2.